The minimum absolute atomic E-state index is 0.0130. The zero-order valence-electron chi connectivity index (χ0n) is 20.4. The molecule has 0 aliphatic carbocycles. The summed E-state index contributed by atoms with van der Waals surface area (Å²) in [6, 6.07) is 23.8. The van der Waals surface area contributed by atoms with Crippen molar-refractivity contribution in [3.8, 4) is 17.2 Å². The number of benzene rings is 3. The van der Waals surface area contributed by atoms with Gasteiger partial charge in [-0.2, -0.15) is 0 Å². The molecule has 0 amide bonds. The molecular weight excluding hydrogens is 428 g/mol. The Morgan fingerprint density at radius 1 is 0.941 bits per heavy atom. The Hall–Kier alpha value is -3.47. The zero-order valence-corrected chi connectivity index (χ0v) is 20.4. The van der Waals surface area contributed by atoms with Crippen LogP contribution in [0.15, 0.2) is 72.8 Å². The molecule has 34 heavy (non-hydrogen) atoms. The predicted octanol–water partition coefficient (Wildman–Crippen LogP) is 6.32. The first-order valence-corrected chi connectivity index (χ1v) is 11.7. The van der Waals surface area contributed by atoms with Gasteiger partial charge in [0.15, 0.2) is 5.60 Å². The van der Waals surface area contributed by atoms with E-state index in [0.29, 0.717) is 18.1 Å². The van der Waals surface area contributed by atoms with Gasteiger partial charge in [-0.25, -0.2) is 4.79 Å². The van der Waals surface area contributed by atoms with E-state index in [0.717, 1.165) is 25.0 Å². The van der Waals surface area contributed by atoms with Crippen LogP contribution in [-0.4, -0.2) is 29.4 Å². The van der Waals surface area contributed by atoms with Crippen LogP contribution in [-0.2, 0) is 17.6 Å². The molecule has 0 spiro atoms. The lowest BCUT2D eigenvalue weighted by molar-refractivity contribution is -0.152. The van der Waals surface area contributed by atoms with E-state index in [1.807, 2.05) is 13.0 Å². The van der Waals surface area contributed by atoms with Crippen LogP contribution in [0.25, 0.3) is 0 Å². The van der Waals surface area contributed by atoms with E-state index < -0.39 is 11.6 Å². The molecule has 0 bridgehead atoms. The quantitative estimate of drug-likeness (QED) is 0.341. The number of carboxylic acids is 1. The van der Waals surface area contributed by atoms with Gasteiger partial charge in [-0.05, 0) is 74.2 Å². The third kappa shape index (κ3) is 7.27. The highest BCUT2D eigenvalue weighted by Gasteiger charge is 2.29. The Labute approximate surface area is 202 Å². The second-order valence-electron chi connectivity index (χ2n) is 8.91. The summed E-state index contributed by atoms with van der Waals surface area (Å²) in [5.74, 6) is 1.08. The van der Waals surface area contributed by atoms with Crippen LogP contribution < -0.4 is 14.2 Å². The number of aryl methyl sites for hydroxylation is 1. The van der Waals surface area contributed by atoms with E-state index in [2.05, 4.69) is 49.4 Å². The van der Waals surface area contributed by atoms with Gasteiger partial charge in [-0.3, -0.25) is 0 Å². The Morgan fingerprint density at radius 3 is 2.26 bits per heavy atom. The average Bonchev–Trinajstić information content (AvgIpc) is 2.81. The van der Waals surface area contributed by atoms with Crippen LogP contribution in [0.4, 0.5) is 0 Å². The van der Waals surface area contributed by atoms with Gasteiger partial charge in [0.25, 0.3) is 0 Å². The van der Waals surface area contributed by atoms with Gasteiger partial charge in [-0.15, -0.1) is 0 Å². The van der Waals surface area contributed by atoms with Crippen molar-refractivity contribution in [1.82, 2.24) is 0 Å². The molecular formula is C29H34O5. The summed E-state index contributed by atoms with van der Waals surface area (Å²) < 4.78 is 17.7. The summed E-state index contributed by atoms with van der Waals surface area (Å²) in [6.45, 7) is 7.75. The third-order valence-corrected chi connectivity index (χ3v) is 5.60. The molecule has 0 saturated carbocycles. The van der Waals surface area contributed by atoms with Crippen molar-refractivity contribution in [1.29, 1.82) is 0 Å². The molecule has 0 aliphatic heterocycles. The highest BCUT2D eigenvalue weighted by Crippen LogP contribution is 2.26. The van der Waals surface area contributed by atoms with Crippen LogP contribution in [0.2, 0.25) is 0 Å². The molecule has 3 rings (SSSR count). The molecule has 0 heterocycles. The number of carboxylic acid groups (broad SMARTS) is 1. The minimum Gasteiger partial charge on any atom is -0.493 e. The molecule has 1 N–H and O–H groups in total. The molecule has 3 aromatic carbocycles. The van der Waals surface area contributed by atoms with Crippen molar-refractivity contribution < 1.29 is 24.1 Å². The van der Waals surface area contributed by atoms with Crippen LogP contribution in [0.1, 0.15) is 50.8 Å². The molecule has 3 aromatic rings. The fourth-order valence-corrected chi connectivity index (χ4v) is 3.48. The van der Waals surface area contributed by atoms with E-state index >= 15 is 0 Å². The first kappa shape index (κ1) is 25.2. The lowest BCUT2D eigenvalue weighted by Crippen LogP contribution is -2.37. The van der Waals surface area contributed by atoms with E-state index in [4.69, 9.17) is 14.2 Å². The maximum Gasteiger partial charge on any atom is 0.347 e. The van der Waals surface area contributed by atoms with Gasteiger partial charge < -0.3 is 19.3 Å². The van der Waals surface area contributed by atoms with E-state index in [-0.39, 0.29) is 6.10 Å². The highest BCUT2D eigenvalue weighted by atomic mass is 16.5. The van der Waals surface area contributed by atoms with Gasteiger partial charge >= 0.3 is 5.97 Å². The highest BCUT2D eigenvalue weighted by molar-refractivity contribution is 5.76. The monoisotopic (exact) mass is 462 g/mol. The molecule has 5 nitrogen and oxygen atoms in total. The van der Waals surface area contributed by atoms with Gasteiger partial charge in [0.05, 0.1) is 12.7 Å². The summed E-state index contributed by atoms with van der Waals surface area (Å²) in [7, 11) is 0. The number of hydrogen-bond acceptors (Lipinski definition) is 4. The lowest BCUT2D eigenvalue weighted by Gasteiger charge is -2.21. The first-order chi connectivity index (χ1) is 16.3. The molecule has 0 fully saturated rings. The number of carbonyl (C=O) groups is 1. The molecule has 5 heteroatoms. The van der Waals surface area contributed by atoms with Crippen LogP contribution in [0.5, 0.6) is 17.2 Å². The summed E-state index contributed by atoms with van der Waals surface area (Å²) in [6.07, 6.45) is 2.54. The standard InChI is InChI=1S/C29H34O5/c1-5-22-11-16-27(24(19-22)20-23-9-7-6-8-10-23)33-21(2)17-18-32-25-12-14-26(15-13-25)34-29(3,4)28(30)31/h6-16,19,21H,5,17-18,20H2,1-4H3,(H,30,31). The summed E-state index contributed by atoms with van der Waals surface area (Å²) in [5.41, 5.74) is 2.46. The number of hydrogen-bond donors (Lipinski definition) is 1. The second kappa shape index (κ2) is 11.6. The third-order valence-electron chi connectivity index (χ3n) is 5.60. The Kier molecular flexibility index (Phi) is 8.58. The molecule has 0 saturated heterocycles. The van der Waals surface area contributed by atoms with Crippen molar-refractivity contribution in [2.45, 2.75) is 58.7 Å². The SMILES string of the molecule is CCc1ccc(OC(C)CCOc2ccc(OC(C)(C)C(=O)O)cc2)c(Cc2ccccc2)c1. The second-order valence-corrected chi connectivity index (χ2v) is 8.91. The smallest absolute Gasteiger partial charge is 0.347 e. The van der Waals surface area contributed by atoms with E-state index in [1.165, 1.54) is 30.5 Å². The zero-order chi connectivity index (χ0) is 24.6. The van der Waals surface area contributed by atoms with Gasteiger partial charge in [0.2, 0.25) is 0 Å². The Morgan fingerprint density at radius 2 is 1.62 bits per heavy atom. The van der Waals surface area contributed by atoms with Crippen LogP contribution >= 0.6 is 0 Å². The first-order valence-electron chi connectivity index (χ1n) is 11.7. The number of rotatable bonds is 12. The fourth-order valence-electron chi connectivity index (χ4n) is 3.48. The van der Waals surface area contributed by atoms with Gasteiger partial charge in [0.1, 0.15) is 17.2 Å². The maximum atomic E-state index is 11.2. The lowest BCUT2D eigenvalue weighted by atomic mass is 10.0. The van der Waals surface area contributed by atoms with Gasteiger partial charge in [-0.1, -0.05) is 49.4 Å². The van der Waals surface area contributed by atoms with Gasteiger partial charge in [0, 0.05) is 12.8 Å². The van der Waals surface area contributed by atoms with Crippen molar-refractivity contribution in [2.24, 2.45) is 0 Å². The number of ether oxygens (including phenoxy) is 3. The molecule has 0 radical (unpaired) electrons. The predicted molar refractivity (Wildman–Crippen MR) is 134 cm³/mol. The Balaban J connectivity index is 1.54. The summed E-state index contributed by atoms with van der Waals surface area (Å²) >= 11 is 0. The molecule has 1 atom stereocenters. The maximum absolute atomic E-state index is 11.2. The van der Waals surface area contributed by atoms with Crippen molar-refractivity contribution in [2.75, 3.05) is 6.61 Å². The fraction of sp³-hybridized carbons (Fsp3) is 0.345. The van der Waals surface area contributed by atoms with Crippen molar-refractivity contribution in [3.63, 3.8) is 0 Å². The Bertz CT molecular complexity index is 1060. The number of aliphatic carboxylic acids is 1. The summed E-state index contributed by atoms with van der Waals surface area (Å²) in [4.78, 5) is 11.2. The molecule has 0 aliphatic rings. The van der Waals surface area contributed by atoms with Crippen LogP contribution in [0.3, 0.4) is 0 Å². The summed E-state index contributed by atoms with van der Waals surface area (Å²) in [5, 5.41) is 9.19. The van der Waals surface area contributed by atoms with Crippen LogP contribution in [0, 0.1) is 0 Å². The molecule has 180 valence electrons. The minimum atomic E-state index is -1.29. The van der Waals surface area contributed by atoms with E-state index in [9.17, 15) is 9.90 Å². The molecule has 0 aromatic heterocycles. The largest absolute Gasteiger partial charge is 0.493 e. The molecule has 1 unspecified atom stereocenters. The van der Waals surface area contributed by atoms with Crippen molar-refractivity contribution >= 4 is 5.97 Å². The van der Waals surface area contributed by atoms with Crippen molar-refractivity contribution in [3.05, 3.63) is 89.5 Å². The van der Waals surface area contributed by atoms with E-state index in [1.54, 1.807) is 24.3 Å². The normalized spacial score (nSPS) is 12.1. The topological polar surface area (TPSA) is 65.0 Å². The average molecular weight is 463 g/mol.